The van der Waals surface area contributed by atoms with Gasteiger partial charge in [-0.25, -0.2) is 4.98 Å². The van der Waals surface area contributed by atoms with Crippen molar-refractivity contribution in [2.24, 2.45) is 4.99 Å². The number of thioether (sulfide) groups is 1. The van der Waals surface area contributed by atoms with E-state index in [1.165, 1.54) is 11.8 Å². The number of hydrogen-bond acceptors (Lipinski definition) is 6. The topological polar surface area (TPSA) is 55.5 Å². The Kier molecular flexibility index (Phi) is 4.23. The molecular weight excluding hydrogens is 254 g/mol. The van der Waals surface area contributed by atoms with Crippen LogP contribution in [0.3, 0.4) is 0 Å². The summed E-state index contributed by atoms with van der Waals surface area (Å²) in [6.45, 7) is 3.64. The molecule has 0 N–H and O–H groups in total. The molecule has 1 aromatic rings. The quantitative estimate of drug-likeness (QED) is 0.438. The largest absolute Gasteiger partial charge is 0.347 e. The average Bonchev–Trinajstić information content (AvgIpc) is 2.90. The Hall–Kier alpha value is -1.26. The second kappa shape index (κ2) is 5.89. The molecule has 1 aromatic heterocycles. The second-order valence-corrected chi connectivity index (χ2v) is 5.13. The summed E-state index contributed by atoms with van der Waals surface area (Å²) < 4.78 is 0. The fourth-order valence-electron chi connectivity index (χ4n) is 1.75. The Balaban J connectivity index is 1.94. The predicted molar refractivity (Wildman–Crippen MR) is 72.5 cm³/mol. The average molecular weight is 267 g/mol. The maximum atomic E-state index is 8.60. The molecule has 5 nitrogen and oxygen atoms in total. The van der Waals surface area contributed by atoms with Gasteiger partial charge < -0.3 is 9.80 Å². The molecule has 90 valence electrons. The first kappa shape index (κ1) is 12.2. The molecule has 0 saturated carbocycles. The summed E-state index contributed by atoms with van der Waals surface area (Å²) in [6, 6.07) is 0. The number of hydrogen-bond donors (Lipinski definition) is 0. The van der Waals surface area contributed by atoms with Gasteiger partial charge >= 0.3 is 0 Å². The standard InChI is InChI=1S/C10H13N5S2/c1-16-9(13-8-11)14-3-5-15(6-4-14)10-12-2-7-17-10/h2,7H,3-6H2,1H3. The van der Waals surface area contributed by atoms with Crippen LogP contribution in [0.15, 0.2) is 16.6 Å². The number of nitriles is 1. The van der Waals surface area contributed by atoms with Crippen molar-refractivity contribution in [3.8, 4) is 6.19 Å². The van der Waals surface area contributed by atoms with E-state index in [0.717, 1.165) is 36.5 Å². The molecule has 0 aliphatic carbocycles. The van der Waals surface area contributed by atoms with E-state index in [9.17, 15) is 0 Å². The third-order valence-corrected chi connectivity index (χ3v) is 4.12. The van der Waals surface area contributed by atoms with Crippen molar-refractivity contribution in [3.63, 3.8) is 0 Å². The molecule has 2 heterocycles. The molecule has 0 spiro atoms. The number of aliphatic imine (C=N–C) groups is 1. The van der Waals surface area contributed by atoms with E-state index in [0.29, 0.717) is 0 Å². The van der Waals surface area contributed by atoms with Crippen molar-refractivity contribution in [2.75, 3.05) is 37.3 Å². The summed E-state index contributed by atoms with van der Waals surface area (Å²) in [5.74, 6) is 0. The van der Waals surface area contributed by atoms with Crippen molar-refractivity contribution in [1.82, 2.24) is 9.88 Å². The zero-order valence-electron chi connectivity index (χ0n) is 9.54. The van der Waals surface area contributed by atoms with Crippen LogP contribution in [0.4, 0.5) is 5.13 Å². The molecular formula is C10H13N5S2. The number of nitrogens with zero attached hydrogens (tertiary/aromatic N) is 5. The molecule has 1 aliphatic heterocycles. The molecule has 0 amide bonds. The van der Waals surface area contributed by atoms with E-state index in [2.05, 4.69) is 19.8 Å². The molecule has 1 fully saturated rings. The number of rotatable bonds is 1. The third-order valence-electron chi connectivity index (χ3n) is 2.57. The van der Waals surface area contributed by atoms with E-state index in [-0.39, 0.29) is 0 Å². The van der Waals surface area contributed by atoms with Gasteiger partial charge in [0.2, 0.25) is 6.19 Å². The van der Waals surface area contributed by atoms with Crippen molar-refractivity contribution >= 4 is 33.4 Å². The lowest BCUT2D eigenvalue weighted by molar-refractivity contribution is 0.392. The lowest BCUT2D eigenvalue weighted by atomic mass is 10.3. The Morgan fingerprint density at radius 2 is 2.29 bits per heavy atom. The minimum Gasteiger partial charge on any atom is -0.347 e. The Bertz CT molecular complexity index is 414. The van der Waals surface area contributed by atoms with E-state index in [1.54, 1.807) is 11.3 Å². The van der Waals surface area contributed by atoms with Gasteiger partial charge in [0.05, 0.1) is 0 Å². The second-order valence-electron chi connectivity index (χ2n) is 3.49. The highest BCUT2D eigenvalue weighted by molar-refractivity contribution is 8.13. The highest BCUT2D eigenvalue weighted by atomic mass is 32.2. The van der Waals surface area contributed by atoms with Crippen molar-refractivity contribution in [1.29, 1.82) is 5.26 Å². The molecule has 0 bridgehead atoms. The van der Waals surface area contributed by atoms with Gasteiger partial charge in [-0.2, -0.15) is 5.26 Å². The highest BCUT2D eigenvalue weighted by Gasteiger charge is 2.20. The molecule has 17 heavy (non-hydrogen) atoms. The van der Waals surface area contributed by atoms with Gasteiger partial charge in [-0.3, -0.25) is 0 Å². The Morgan fingerprint density at radius 3 is 2.82 bits per heavy atom. The predicted octanol–water partition coefficient (Wildman–Crippen LogP) is 1.47. The molecule has 0 aromatic carbocycles. The van der Waals surface area contributed by atoms with Crippen LogP contribution in [0, 0.1) is 11.5 Å². The van der Waals surface area contributed by atoms with Gasteiger partial charge in [0.25, 0.3) is 0 Å². The molecule has 0 unspecified atom stereocenters. The fourth-order valence-corrected chi connectivity index (χ4v) is 3.02. The number of amidine groups is 1. The van der Waals surface area contributed by atoms with E-state index in [4.69, 9.17) is 5.26 Å². The molecule has 1 saturated heterocycles. The van der Waals surface area contributed by atoms with Gasteiger partial charge in [-0.15, -0.1) is 16.3 Å². The number of piperazine rings is 1. The summed E-state index contributed by atoms with van der Waals surface area (Å²) in [5.41, 5.74) is 0. The monoisotopic (exact) mass is 267 g/mol. The summed E-state index contributed by atoms with van der Waals surface area (Å²) in [5, 5.41) is 12.5. The fraction of sp³-hybridized carbons (Fsp3) is 0.500. The van der Waals surface area contributed by atoms with Crippen LogP contribution < -0.4 is 4.90 Å². The zero-order valence-corrected chi connectivity index (χ0v) is 11.2. The Morgan fingerprint density at radius 1 is 1.53 bits per heavy atom. The first-order valence-electron chi connectivity index (χ1n) is 5.25. The molecule has 2 rings (SSSR count). The lowest BCUT2D eigenvalue weighted by Gasteiger charge is -2.35. The third kappa shape index (κ3) is 2.90. The van der Waals surface area contributed by atoms with Crippen LogP contribution >= 0.6 is 23.1 Å². The first-order valence-corrected chi connectivity index (χ1v) is 7.35. The van der Waals surface area contributed by atoms with Crippen LogP contribution in [0.25, 0.3) is 0 Å². The molecule has 1 aliphatic rings. The lowest BCUT2D eigenvalue weighted by Crippen LogP contribution is -2.48. The van der Waals surface area contributed by atoms with E-state index < -0.39 is 0 Å². The first-order chi connectivity index (χ1) is 8.35. The minimum atomic E-state index is 0.811. The van der Waals surface area contributed by atoms with Crippen LogP contribution in [0.2, 0.25) is 0 Å². The SMILES string of the molecule is CSC(=NC#N)N1CCN(c2nccs2)CC1. The van der Waals surface area contributed by atoms with Gasteiger partial charge in [0.1, 0.15) is 0 Å². The van der Waals surface area contributed by atoms with Crippen LogP contribution in [-0.4, -0.2) is 47.5 Å². The molecule has 0 radical (unpaired) electrons. The van der Waals surface area contributed by atoms with Gasteiger partial charge in [0.15, 0.2) is 10.3 Å². The summed E-state index contributed by atoms with van der Waals surface area (Å²) in [6.07, 6.45) is 5.63. The number of anilines is 1. The maximum Gasteiger partial charge on any atom is 0.208 e. The summed E-state index contributed by atoms with van der Waals surface area (Å²) in [4.78, 5) is 12.6. The van der Waals surface area contributed by atoms with Gasteiger partial charge in [0, 0.05) is 37.8 Å². The minimum absolute atomic E-state index is 0.811. The number of thiazole rings is 1. The van der Waals surface area contributed by atoms with Crippen molar-refractivity contribution < 1.29 is 0 Å². The van der Waals surface area contributed by atoms with E-state index in [1.807, 2.05) is 24.0 Å². The summed E-state index contributed by atoms with van der Waals surface area (Å²) >= 11 is 3.19. The van der Waals surface area contributed by atoms with Crippen molar-refractivity contribution in [3.05, 3.63) is 11.6 Å². The van der Waals surface area contributed by atoms with Crippen molar-refractivity contribution in [2.45, 2.75) is 0 Å². The normalized spacial score (nSPS) is 17.1. The Labute approximate surface area is 109 Å². The highest BCUT2D eigenvalue weighted by Crippen LogP contribution is 2.19. The van der Waals surface area contributed by atoms with Crippen LogP contribution in [-0.2, 0) is 0 Å². The van der Waals surface area contributed by atoms with Gasteiger partial charge in [-0.05, 0) is 6.26 Å². The molecule has 7 heteroatoms. The summed E-state index contributed by atoms with van der Waals surface area (Å²) in [7, 11) is 0. The molecule has 0 atom stereocenters. The smallest absolute Gasteiger partial charge is 0.208 e. The maximum absolute atomic E-state index is 8.60. The van der Waals surface area contributed by atoms with Gasteiger partial charge in [-0.1, -0.05) is 11.8 Å². The number of aromatic nitrogens is 1. The van der Waals surface area contributed by atoms with E-state index >= 15 is 0 Å². The zero-order chi connectivity index (χ0) is 12.1. The van der Waals surface area contributed by atoms with Crippen LogP contribution in [0.5, 0.6) is 0 Å². The van der Waals surface area contributed by atoms with Crippen LogP contribution in [0.1, 0.15) is 0 Å².